The summed E-state index contributed by atoms with van der Waals surface area (Å²) in [5.41, 5.74) is 3.51. The first-order valence-electron chi connectivity index (χ1n) is 11.2. The predicted octanol–water partition coefficient (Wildman–Crippen LogP) is 3.08. The number of aromatic nitrogens is 3. The average molecular weight is 444 g/mol. The first-order valence-corrected chi connectivity index (χ1v) is 12.2. The SMILES string of the molecule is Cc1ccc(-n2cnnc2SCC(=O)N2CCCC2CN2CC(C)OC(C)C2)cc1C. The number of morpholine rings is 1. The number of hydrogen-bond donors (Lipinski definition) is 0. The number of benzene rings is 1. The zero-order valence-corrected chi connectivity index (χ0v) is 19.8. The molecule has 8 heteroatoms. The molecule has 0 saturated carbocycles. The molecule has 0 N–H and O–H groups in total. The van der Waals surface area contributed by atoms with Gasteiger partial charge >= 0.3 is 0 Å². The molecule has 1 amide bonds. The van der Waals surface area contributed by atoms with Gasteiger partial charge in [0.25, 0.3) is 0 Å². The van der Waals surface area contributed by atoms with Crippen LogP contribution < -0.4 is 0 Å². The van der Waals surface area contributed by atoms with Crippen LogP contribution in [0.5, 0.6) is 0 Å². The van der Waals surface area contributed by atoms with Crippen LogP contribution >= 0.6 is 11.8 Å². The molecule has 3 heterocycles. The Morgan fingerprint density at radius 1 is 1.19 bits per heavy atom. The molecular weight excluding hydrogens is 410 g/mol. The number of hydrogen-bond acceptors (Lipinski definition) is 6. The summed E-state index contributed by atoms with van der Waals surface area (Å²) in [5, 5.41) is 9.09. The first kappa shape index (κ1) is 22.3. The van der Waals surface area contributed by atoms with Crippen molar-refractivity contribution >= 4 is 17.7 Å². The third-order valence-electron chi connectivity index (χ3n) is 6.27. The molecule has 2 fully saturated rings. The zero-order chi connectivity index (χ0) is 22.0. The summed E-state index contributed by atoms with van der Waals surface area (Å²) in [6.45, 7) is 12.1. The van der Waals surface area contributed by atoms with Gasteiger partial charge < -0.3 is 9.64 Å². The van der Waals surface area contributed by atoms with Crippen molar-refractivity contribution in [1.29, 1.82) is 0 Å². The second-order valence-corrected chi connectivity index (χ2v) is 9.84. The molecule has 2 aromatic rings. The van der Waals surface area contributed by atoms with Crippen molar-refractivity contribution in [3.63, 3.8) is 0 Å². The van der Waals surface area contributed by atoms with Gasteiger partial charge in [0.1, 0.15) is 6.33 Å². The molecule has 0 radical (unpaired) electrons. The van der Waals surface area contributed by atoms with Crippen LogP contribution in [0.15, 0.2) is 29.7 Å². The smallest absolute Gasteiger partial charge is 0.233 e. The molecule has 3 atom stereocenters. The third-order valence-corrected chi connectivity index (χ3v) is 7.20. The monoisotopic (exact) mass is 443 g/mol. The van der Waals surface area contributed by atoms with Crippen molar-refractivity contribution in [3.05, 3.63) is 35.7 Å². The number of carbonyl (C=O) groups is 1. The molecule has 1 aromatic heterocycles. The standard InChI is InChI=1S/C23H33N5O2S/c1-16-7-8-20(10-17(16)2)28-15-24-25-23(28)31-14-22(29)27-9-5-6-21(27)13-26-11-18(3)30-19(4)12-26/h7-8,10,15,18-19,21H,5-6,9,11-14H2,1-4H3. The van der Waals surface area contributed by atoms with Gasteiger partial charge in [0, 0.05) is 37.9 Å². The Balaban J connectivity index is 1.36. The van der Waals surface area contributed by atoms with E-state index in [2.05, 4.69) is 65.9 Å². The van der Waals surface area contributed by atoms with E-state index in [1.54, 1.807) is 6.33 Å². The Morgan fingerprint density at radius 3 is 2.71 bits per heavy atom. The second kappa shape index (κ2) is 9.71. The number of amides is 1. The Kier molecular flexibility index (Phi) is 6.99. The molecule has 2 saturated heterocycles. The van der Waals surface area contributed by atoms with E-state index in [-0.39, 0.29) is 18.1 Å². The highest BCUT2D eigenvalue weighted by Crippen LogP contribution is 2.25. The van der Waals surface area contributed by atoms with Gasteiger partial charge in [-0.15, -0.1) is 10.2 Å². The lowest BCUT2D eigenvalue weighted by Gasteiger charge is -2.38. The maximum absolute atomic E-state index is 13.1. The third kappa shape index (κ3) is 5.30. The molecule has 3 unspecified atom stereocenters. The summed E-state index contributed by atoms with van der Waals surface area (Å²) in [6, 6.07) is 6.60. The summed E-state index contributed by atoms with van der Waals surface area (Å²) >= 11 is 1.47. The van der Waals surface area contributed by atoms with E-state index in [9.17, 15) is 4.79 Å². The summed E-state index contributed by atoms with van der Waals surface area (Å²) in [7, 11) is 0. The van der Waals surface area contributed by atoms with Gasteiger partial charge in [0.15, 0.2) is 5.16 Å². The van der Waals surface area contributed by atoms with Crippen LogP contribution in [-0.2, 0) is 9.53 Å². The van der Waals surface area contributed by atoms with Crippen LogP contribution in [0.25, 0.3) is 5.69 Å². The van der Waals surface area contributed by atoms with Crippen LogP contribution in [0.4, 0.5) is 0 Å². The minimum Gasteiger partial charge on any atom is -0.373 e. The number of carbonyl (C=O) groups excluding carboxylic acids is 1. The van der Waals surface area contributed by atoms with Crippen molar-refractivity contribution in [2.24, 2.45) is 0 Å². The Bertz CT molecular complexity index is 907. The highest BCUT2D eigenvalue weighted by atomic mass is 32.2. The molecule has 7 nitrogen and oxygen atoms in total. The quantitative estimate of drug-likeness (QED) is 0.640. The van der Waals surface area contributed by atoms with Crippen LogP contribution in [0, 0.1) is 13.8 Å². The van der Waals surface area contributed by atoms with Crippen molar-refractivity contribution in [1.82, 2.24) is 24.6 Å². The van der Waals surface area contributed by atoms with Crippen molar-refractivity contribution < 1.29 is 9.53 Å². The minimum atomic E-state index is 0.191. The fourth-order valence-electron chi connectivity index (χ4n) is 4.67. The van der Waals surface area contributed by atoms with Gasteiger partial charge in [-0.05, 0) is 63.8 Å². The van der Waals surface area contributed by atoms with E-state index in [4.69, 9.17) is 4.74 Å². The van der Waals surface area contributed by atoms with Crippen molar-refractivity contribution in [2.75, 3.05) is 31.9 Å². The molecular formula is C23H33N5O2S. The lowest BCUT2D eigenvalue weighted by Crippen LogP contribution is -2.51. The van der Waals surface area contributed by atoms with Gasteiger partial charge in [-0.1, -0.05) is 17.8 Å². The number of rotatable bonds is 6. The minimum absolute atomic E-state index is 0.191. The van der Waals surface area contributed by atoms with Crippen LogP contribution in [-0.4, -0.2) is 80.7 Å². The highest BCUT2D eigenvalue weighted by molar-refractivity contribution is 7.99. The number of nitrogens with zero attached hydrogens (tertiary/aromatic N) is 5. The second-order valence-electron chi connectivity index (χ2n) is 8.90. The number of thioether (sulfide) groups is 1. The van der Waals surface area contributed by atoms with E-state index >= 15 is 0 Å². The largest absolute Gasteiger partial charge is 0.373 e. The lowest BCUT2D eigenvalue weighted by molar-refractivity contribution is -0.130. The Morgan fingerprint density at radius 2 is 1.97 bits per heavy atom. The van der Waals surface area contributed by atoms with E-state index in [0.717, 1.165) is 49.9 Å². The maximum Gasteiger partial charge on any atom is 0.233 e. The Hall–Kier alpha value is -1.90. The molecule has 0 bridgehead atoms. The molecule has 2 aliphatic heterocycles. The Labute approximate surface area is 189 Å². The normalized spacial score (nSPS) is 24.6. The molecule has 0 spiro atoms. The van der Waals surface area contributed by atoms with Gasteiger partial charge in [0.05, 0.1) is 18.0 Å². The molecule has 1 aromatic carbocycles. The number of likely N-dealkylation sites (tertiary alicyclic amines) is 1. The first-order chi connectivity index (χ1) is 14.9. The maximum atomic E-state index is 13.1. The van der Waals surface area contributed by atoms with Crippen LogP contribution in [0.1, 0.15) is 37.8 Å². The van der Waals surface area contributed by atoms with Gasteiger partial charge in [-0.3, -0.25) is 14.3 Å². The summed E-state index contributed by atoms with van der Waals surface area (Å²) in [4.78, 5) is 17.6. The van der Waals surface area contributed by atoms with E-state index in [1.165, 1.54) is 22.9 Å². The fraction of sp³-hybridized carbons (Fsp3) is 0.609. The van der Waals surface area contributed by atoms with Crippen LogP contribution in [0.3, 0.4) is 0 Å². The molecule has 0 aliphatic carbocycles. The highest BCUT2D eigenvalue weighted by Gasteiger charge is 2.32. The molecule has 4 rings (SSSR count). The molecule has 31 heavy (non-hydrogen) atoms. The number of ether oxygens (including phenoxy) is 1. The number of aryl methyl sites for hydroxylation is 2. The average Bonchev–Trinajstić information content (AvgIpc) is 3.37. The van der Waals surface area contributed by atoms with Crippen molar-refractivity contribution in [2.45, 2.75) is 63.9 Å². The van der Waals surface area contributed by atoms with E-state index in [1.807, 2.05) is 4.57 Å². The van der Waals surface area contributed by atoms with Gasteiger partial charge in [-0.25, -0.2) is 0 Å². The lowest BCUT2D eigenvalue weighted by atomic mass is 10.1. The predicted molar refractivity (Wildman–Crippen MR) is 123 cm³/mol. The van der Waals surface area contributed by atoms with Gasteiger partial charge in [-0.2, -0.15) is 0 Å². The molecule has 2 aliphatic rings. The molecule has 168 valence electrons. The van der Waals surface area contributed by atoms with Gasteiger partial charge in [0.2, 0.25) is 5.91 Å². The summed E-state index contributed by atoms with van der Waals surface area (Å²) < 4.78 is 7.82. The summed E-state index contributed by atoms with van der Waals surface area (Å²) in [6.07, 6.45) is 4.38. The van der Waals surface area contributed by atoms with E-state index in [0.29, 0.717) is 11.8 Å². The zero-order valence-electron chi connectivity index (χ0n) is 19.0. The van der Waals surface area contributed by atoms with Crippen molar-refractivity contribution in [3.8, 4) is 5.69 Å². The fourth-order valence-corrected chi connectivity index (χ4v) is 5.48. The summed E-state index contributed by atoms with van der Waals surface area (Å²) in [5.74, 6) is 0.576. The van der Waals surface area contributed by atoms with E-state index < -0.39 is 0 Å². The topological polar surface area (TPSA) is 63.5 Å². The van der Waals surface area contributed by atoms with Crippen LogP contribution in [0.2, 0.25) is 0 Å².